The maximum atomic E-state index is 13.0. The standard InChI is InChI=1S/C24H27NO7/c1-4-32-19-14-16(8-11-18(19)26)21-20(22(27)15-6-9-17(31-3)10-7-15)23(28)24(29)25(21)12-5-13-30-2/h6-11,14,21,26-27H,4-5,12-13H2,1-3H3/b22-20+/t21-/m0/s1. The molecule has 0 aliphatic carbocycles. The molecule has 2 aromatic carbocycles. The molecule has 2 N–H and O–H groups in total. The van der Waals surface area contributed by atoms with E-state index in [1.165, 1.54) is 18.1 Å². The zero-order valence-corrected chi connectivity index (χ0v) is 18.3. The molecule has 0 aromatic heterocycles. The molecule has 1 aliphatic rings. The van der Waals surface area contributed by atoms with Crippen LogP contribution < -0.4 is 9.47 Å². The molecule has 2 aromatic rings. The number of rotatable bonds is 9. The van der Waals surface area contributed by atoms with Gasteiger partial charge in [-0.15, -0.1) is 0 Å². The van der Waals surface area contributed by atoms with E-state index in [1.807, 2.05) is 0 Å². The summed E-state index contributed by atoms with van der Waals surface area (Å²) >= 11 is 0. The molecule has 32 heavy (non-hydrogen) atoms. The van der Waals surface area contributed by atoms with E-state index in [2.05, 4.69) is 0 Å². The number of aromatic hydroxyl groups is 1. The van der Waals surface area contributed by atoms with Gasteiger partial charge in [-0.2, -0.15) is 0 Å². The minimum Gasteiger partial charge on any atom is -0.507 e. The molecule has 1 atom stereocenters. The molecule has 0 spiro atoms. The van der Waals surface area contributed by atoms with Crippen molar-refractivity contribution in [3.8, 4) is 17.2 Å². The molecule has 1 saturated heterocycles. The zero-order chi connectivity index (χ0) is 23.3. The number of hydrogen-bond donors (Lipinski definition) is 2. The topological polar surface area (TPSA) is 106 Å². The number of ketones is 1. The van der Waals surface area contributed by atoms with Gasteiger partial charge in [-0.3, -0.25) is 9.59 Å². The average molecular weight is 441 g/mol. The van der Waals surface area contributed by atoms with E-state index in [4.69, 9.17) is 14.2 Å². The Hall–Kier alpha value is -3.52. The van der Waals surface area contributed by atoms with Crippen LogP contribution in [0.25, 0.3) is 5.76 Å². The molecule has 1 heterocycles. The SMILES string of the molecule is CCOc1cc([C@H]2/C(=C(\O)c3ccc(OC)cc3)C(=O)C(=O)N2CCCOC)ccc1O. The third kappa shape index (κ3) is 4.55. The molecule has 8 heteroatoms. The zero-order valence-electron chi connectivity index (χ0n) is 18.3. The molecular weight excluding hydrogens is 414 g/mol. The quantitative estimate of drug-likeness (QED) is 0.266. The number of hydrogen-bond acceptors (Lipinski definition) is 7. The number of methoxy groups -OCH3 is 2. The lowest BCUT2D eigenvalue weighted by Crippen LogP contribution is -2.31. The number of Topliss-reactive ketones (excluding diaryl/α,β-unsaturated/α-hetero) is 1. The Morgan fingerprint density at radius 2 is 1.81 bits per heavy atom. The normalized spacial score (nSPS) is 17.6. The first-order chi connectivity index (χ1) is 15.4. The fourth-order valence-corrected chi connectivity index (χ4v) is 3.71. The summed E-state index contributed by atoms with van der Waals surface area (Å²) in [4.78, 5) is 27.3. The highest BCUT2D eigenvalue weighted by atomic mass is 16.5. The monoisotopic (exact) mass is 441 g/mol. The van der Waals surface area contributed by atoms with Crippen molar-refractivity contribution in [2.75, 3.05) is 34.0 Å². The van der Waals surface area contributed by atoms with E-state index in [0.29, 0.717) is 36.5 Å². The summed E-state index contributed by atoms with van der Waals surface area (Å²) in [6.45, 7) is 2.78. The maximum absolute atomic E-state index is 13.0. The van der Waals surface area contributed by atoms with Crippen LogP contribution >= 0.6 is 0 Å². The lowest BCUT2D eigenvalue weighted by atomic mass is 9.95. The molecule has 3 rings (SSSR count). The number of carbonyl (C=O) groups is 2. The van der Waals surface area contributed by atoms with Crippen LogP contribution in [-0.4, -0.2) is 60.8 Å². The maximum Gasteiger partial charge on any atom is 0.295 e. The number of benzene rings is 2. The van der Waals surface area contributed by atoms with Crippen LogP contribution in [0, 0.1) is 0 Å². The summed E-state index contributed by atoms with van der Waals surface area (Å²) in [5.74, 6) is -0.979. The van der Waals surface area contributed by atoms with Gasteiger partial charge in [-0.1, -0.05) is 6.07 Å². The van der Waals surface area contributed by atoms with Gasteiger partial charge >= 0.3 is 0 Å². The van der Waals surface area contributed by atoms with Gasteiger partial charge in [-0.25, -0.2) is 0 Å². The van der Waals surface area contributed by atoms with Crippen LogP contribution in [0.3, 0.4) is 0 Å². The van der Waals surface area contributed by atoms with E-state index in [1.54, 1.807) is 50.4 Å². The largest absolute Gasteiger partial charge is 0.507 e. The van der Waals surface area contributed by atoms with Crippen molar-refractivity contribution in [2.24, 2.45) is 0 Å². The van der Waals surface area contributed by atoms with E-state index in [0.717, 1.165) is 0 Å². The highest BCUT2D eigenvalue weighted by Gasteiger charge is 2.46. The van der Waals surface area contributed by atoms with Crippen LogP contribution in [-0.2, 0) is 14.3 Å². The van der Waals surface area contributed by atoms with E-state index >= 15 is 0 Å². The lowest BCUT2D eigenvalue weighted by Gasteiger charge is -2.25. The Morgan fingerprint density at radius 3 is 2.44 bits per heavy atom. The molecule has 1 fully saturated rings. The summed E-state index contributed by atoms with van der Waals surface area (Å²) in [6.07, 6.45) is 0.513. The van der Waals surface area contributed by atoms with Gasteiger partial charge in [0.2, 0.25) is 0 Å². The summed E-state index contributed by atoms with van der Waals surface area (Å²) in [5.41, 5.74) is 0.901. The number of aliphatic hydroxyl groups excluding tert-OH is 1. The minimum atomic E-state index is -0.839. The smallest absolute Gasteiger partial charge is 0.295 e. The van der Waals surface area contributed by atoms with Gasteiger partial charge in [0.25, 0.3) is 11.7 Å². The van der Waals surface area contributed by atoms with Gasteiger partial charge in [0.15, 0.2) is 11.5 Å². The van der Waals surface area contributed by atoms with Crippen molar-refractivity contribution in [3.05, 3.63) is 59.2 Å². The summed E-state index contributed by atoms with van der Waals surface area (Å²) in [6, 6.07) is 10.4. The van der Waals surface area contributed by atoms with Crippen LogP contribution in [0.5, 0.6) is 17.2 Å². The van der Waals surface area contributed by atoms with Gasteiger partial charge < -0.3 is 29.3 Å². The predicted molar refractivity (Wildman–Crippen MR) is 118 cm³/mol. The molecule has 170 valence electrons. The lowest BCUT2D eigenvalue weighted by molar-refractivity contribution is -0.140. The Morgan fingerprint density at radius 1 is 1.09 bits per heavy atom. The van der Waals surface area contributed by atoms with Crippen molar-refractivity contribution in [3.63, 3.8) is 0 Å². The highest BCUT2D eigenvalue weighted by molar-refractivity contribution is 6.46. The molecule has 0 saturated carbocycles. The number of phenolic OH excluding ortho intramolecular Hbond substituents is 1. The first-order valence-electron chi connectivity index (χ1n) is 10.3. The molecule has 1 aliphatic heterocycles. The second-order valence-corrected chi connectivity index (χ2v) is 7.23. The van der Waals surface area contributed by atoms with E-state index < -0.39 is 17.7 Å². The number of ether oxygens (including phenoxy) is 3. The van der Waals surface area contributed by atoms with Gasteiger partial charge in [0.1, 0.15) is 11.5 Å². The number of phenols is 1. The third-order valence-corrected chi connectivity index (χ3v) is 5.25. The molecular formula is C24H27NO7. The van der Waals surface area contributed by atoms with E-state index in [9.17, 15) is 19.8 Å². The van der Waals surface area contributed by atoms with Gasteiger partial charge in [0.05, 0.1) is 25.3 Å². The first-order valence-corrected chi connectivity index (χ1v) is 10.3. The summed E-state index contributed by atoms with van der Waals surface area (Å²) in [7, 11) is 3.09. The van der Waals surface area contributed by atoms with Crippen molar-refractivity contribution >= 4 is 17.4 Å². The Balaban J connectivity index is 2.13. The number of aliphatic hydroxyl groups is 1. The first kappa shape index (κ1) is 23.1. The minimum absolute atomic E-state index is 0.0225. The van der Waals surface area contributed by atoms with Gasteiger partial charge in [-0.05, 0) is 55.3 Å². The Labute approximate surface area is 186 Å². The van der Waals surface area contributed by atoms with Crippen molar-refractivity contribution < 1.29 is 34.0 Å². The van der Waals surface area contributed by atoms with Crippen LogP contribution in [0.15, 0.2) is 48.0 Å². The summed E-state index contributed by atoms with van der Waals surface area (Å²) < 4.78 is 15.7. The van der Waals surface area contributed by atoms with Crippen molar-refractivity contribution in [1.82, 2.24) is 4.90 Å². The second kappa shape index (κ2) is 10.2. The predicted octanol–water partition coefficient (Wildman–Crippen LogP) is 3.26. The van der Waals surface area contributed by atoms with Crippen LogP contribution in [0.4, 0.5) is 0 Å². The van der Waals surface area contributed by atoms with Gasteiger partial charge in [0, 0.05) is 25.8 Å². The number of amides is 1. The highest BCUT2D eigenvalue weighted by Crippen LogP contribution is 2.42. The molecule has 8 nitrogen and oxygen atoms in total. The third-order valence-electron chi connectivity index (χ3n) is 5.25. The molecule has 1 amide bonds. The second-order valence-electron chi connectivity index (χ2n) is 7.23. The molecule has 0 bridgehead atoms. The van der Waals surface area contributed by atoms with Crippen molar-refractivity contribution in [1.29, 1.82) is 0 Å². The summed E-state index contributed by atoms with van der Waals surface area (Å²) in [5, 5.41) is 21.1. The van der Waals surface area contributed by atoms with Crippen LogP contribution in [0.2, 0.25) is 0 Å². The molecule has 0 radical (unpaired) electrons. The molecule has 0 unspecified atom stereocenters. The average Bonchev–Trinajstić information content (AvgIpc) is 3.05. The Bertz CT molecular complexity index is 1010. The number of likely N-dealkylation sites (tertiary alicyclic amines) is 1. The van der Waals surface area contributed by atoms with Crippen molar-refractivity contribution in [2.45, 2.75) is 19.4 Å². The number of carbonyl (C=O) groups excluding carboxylic acids is 2. The fourth-order valence-electron chi connectivity index (χ4n) is 3.71. The Kier molecular flexibility index (Phi) is 7.37. The fraction of sp³-hybridized carbons (Fsp3) is 0.333. The van der Waals surface area contributed by atoms with E-state index in [-0.39, 0.29) is 29.4 Å². The van der Waals surface area contributed by atoms with Crippen LogP contribution in [0.1, 0.15) is 30.5 Å². The number of nitrogens with zero attached hydrogens (tertiary/aromatic N) is 1.